The fourth-order valence-corrected chi connectivity index (χ4v) is 3.36. The summed E-state index contributed by atoms with van der Waals surface area (Å²) in [5.74, 6) is 1.21. The predicted octanol–water partition coefficient (Wildman–Crippen LogP) is 11.6. The Hall–Kier alpha value is -5.48. The lowest BCUT2D eigenvalue weighted by Gasteiger charge is -2.03. The normalized spacial score (nSPS) is 8.18. The number of anilines is 1. The SMILES string of the molecule is CC.CC.CC.CC.CC(=O)c1ccccc1[N+](=O)[O-].CNc1ccccc1C(C)=O.[C-]#[N+]c1ccc(C)n1C.[C-]#[N+]c1ccc(C)n1C. The fourth-order valence-electron chi connectivity index (χ4n) is 3.36. The van der Waals surface area contributed by atoms with Crippen LogP contribution in [0.15, 0.2) is 72.8 Å². The van der Waals surface area contributed by atoms with Crippen molar-refractivity contribution in [3.63, 3.8) is 0 Å². The third-order valence-electron chi connectivity index (χ3n) is 5.98. The molecule has 0 spiro atoms. The Morgan fingerprint density at radius 1 is 0.653 bits per heavy atom. The third kappa shape index (κ3) is 19.1. The molecule has 4 aromatic rings. The number of carbonyl (C=O) groups is 2. The number of rotatable bonds is 4. The molecule has 0 aliphatic carbocycles. The van der Waals surface area contributed by atoms with Gasteiger partial charge in [0.25, 0.3) is 5.69 Å². The summed E-state index contributed by atoms with van der Waals surface area (Å²) >= 11 is 0. The number of nitrogens with one attached hydrogen (secondary N) is 1. The Kier molecular flexibility index (Phi) is 32.0. The van der Waals surface area contributed by atoms with Crippen molar-refractivity contribution in [1.82, 2.24) is 9.13 Å². The van der Waals surface area contributed by atoms with Crippen LogP contribution in [0.5, 0.6) is 0 Å². The Morgan fingerprint density at radius 2 is 1.00 bits per heavy atom. The Bertz CT molecular complexity index is 1500. The molecule has 4 rings (SSSR count). The van der Waals surface area contributed by atoms with E-state index in [0.29, 0.717) is 11.6 Å². The standard InChI is InChI=1S/C9H11NO.C8H7NO3.2C7H8N2.4C2H6/c1-7(11)8-5-3-4-6-9(8)10-2;1-6(10)7-4-2-3-5-8(7)9(11)12;2*1-6-4-5-7(8-2)9(6)3;4*1-2/h3-6,10H,1-2H3;2-5H,1H3;2*4-5H,1,3H3;4*1-2H3. The molecule has 0 unspecified atom stereocenters. The van der Waals surface area contributed by atoms with E-state index in [1.165, 1.54) is 25.1 Å². The summed E-state index contributed by atoms with van der Waals surface area (Å²) in [6.07, 6.45) is 0. The highest BCUT2D eigenvalue weighted by Gasteiger charge is 2.14. The van der Waals surface area contributed by atoms with Crippen LogP contribution in [0.1, 0.15) is 101 Å². The number of hydrogen-bond acceptors (Lipinski definition) is 5. The largest absolute Gasteiger partial charge is 0.388 e. The molecule has 2 aromatic carbocycles. The third-order valence-corrected chi connectivity index (χ3v) is 5.98. The number of hydrogen-bond donors (Lipinski definition) is 1. The highest BCUT2D eigenvalue weighted by Crippen LogP contribution is 2.18. The molecule has 268 valence electrons. The van der Waals surface area contributed by atoms with Crippen LogP contribution in [-0.4, -0.2) is 32.7 Å². The lowest BCUT2D eigenvalue weighted by Crippen LogP contribution is -1.98. The second kappa shape index (κ2) is 31.1. The van der Waals surface area contributed by atoms with Gasteiger partial charge in [-0.1, -0.05) is 92.8 Å². The Labute approximate surface area is 295 Å². The summed E-state index contributed by atoms with van der Waals surface area (Å²) < 4.78 is 3.74. The molecule has 10 nitrogen and oxygen atoms in total. The molecule has 0 aliphatic rings. The molecular weight excluding hydrogens is 616 g/mol. The average molecular weight is 675 g/mol. The van der Waals surface area contributed by atoms with Gasteiger partial charge in [-0.25, -0.2) is 0 Å². The van der Waals surface area contributed by atoms with Gasteiger partial charge in [0.15, 0.2) is 11.6 Å². The van der Waals surface area contributed by atoms with Gasteiger partial charge < -0.3 is 24.1 Å². The smallest absolute Gasteiger partial charge is 0.280 e. The van der Waals surface area contributed by atoms with Crippen molar-refractivity contribution in [1.29, 1.82) is 0 Å². The molecule has 0 radical (unpaired) electrons. The summed E-state index contributed by atoms with van der Waals surface area (Å²) in [6, 6.07) is 20.9. The Morgan fingerprint density at radius 3 is 1.22 bits per heavy atom. The minimum absolute atomic E-state index is 0.0925. The lowest BCUT2D eigenvalue weighted by molar-refractivity contribution is -0.385. The van der Waals surface area contributed by atoms with E-state index in [-0.39, 0.29) is 22.8 Å². The molecule has 10 heteroatoms. The maximum absolute atomic E-state index is 11.0. The quantitative estimate of drug-likeness (QED) is 0.100. The Balaban J connectivity index is -0.000000259. The molecule has 0 fully saturated rings. The fraction of sp³-hybridized carbons (Fsp3) is 0.385. The van der Waals surface area contributed by atoms with Gasteiger partial charge in [0.2, 0.25) is 11.6 Å². The van der Waals surface area contributed by atoms with E-state index in [4.69, 9.17) is 13.1 Å². The molecule has 2 heterocycles. The van der Waals surface area contributed by atoms with Crippen LogP contribution in [0.4, 0.5) is 23.0 Å². The molecule has 2 aromatic heterocycles. The van der Waals surface area contributed by atoms with Crippen LogP contribution >= 0.6 is 0 Å². The zero-order valence-corrected chi connectivity index (χ0v) is 32.3. The summed E-state index contributed by atoms with van der Waals surface area (Å²) in [5.41, 5.74) is 3.91. The number of nitro benzene ring substituents is 1. The first-order valence-electron chi connectivity index (χ1n) is 16.4. The molecule has 0 atom stereocenters. The number of ketones is 2. The maximum atomic E-state index is 11.0. The molecule has 49 heavy (non-hydrogen) atoms. The van der Waals surface area contributed by atoms with E-state index in [0.717, 1.165) is 22.6 Å². The van der Waals surface area contributed by atoms with Crippen molar-refractivity contribution < 1.29 is 14.5 Å². The highest BCUT2D eigenvalue weighted by atomic mass is 16.6. The van der Waals surface area contributed by atoms with E-state index < -0.39 is 4.92 Å². The van der Waals surface area contributed by atoms with E-state index in [1.54, 1.807) is 13.0 Å². The van der Waals surface area contributed by atoms with Gasteiger partial charge in [0.1, 0.15) is 0 Å². The lowest BCUT2D eigenvalue weighted by atomic mass is 10.1. The number of nitro groups is 1. The molecule has 1 N–H and O–H groups in total. The minimum Gasteiger partial charge on any atom is -0.388 e. The van der Waals surface area contributed by atoms with Crippen LogP contribution in [0, 0.1) is 37.1 Å². The number of para-hydroxylation sites is 2. The summed E-state index contributed by atoms with van der Waals surface area (Å²) in [7, 11) is 5.59. The number of carbonyl (C=O) groups excluding carboxylic acids is 2. The number of aryl methyl sites for hydroxylation is 2. The molecule has 0 bridgehead atoms. The van der Waals surface area contributed by atoms with E-state index >= 15 is 0 Å². The molecule has 0 amide bonds. The number of Topliss-reactive ketones (excluding diaryl/α,β-unsaturated/α-hetero) is 2. The first-order chi connectivity index (χ1) is 23.4. The van der Waals surface area contributed by atoms with Crippen LogP contribution < -0.4 is 5.32 Å². The van der Waals surface area contributed by atoms with Gasteiger partial charge in [-0.05, 0) is 70.2 Å². The van der Waals surface area contributed by atoms with E-state index in [9.17, 15) is 19.7 Å². The summed E-state index contributed by atoms with van der Waals surface area (Å²) in [5, 5.41) is 13.3. The zero-order valence-electron chi connectivity index (χ0n) is 32.3. The van der Waals surface area contributed by atoms with E-state index in [1.807, 2.05) is 148 Å². The maximum Gasteiger partial charge on any atom is 0.280 e. The molecule has 0 saturated heterocycles. The van der Waals surface area contributed by atoms with Gasteiger partial charge in [-0.15, -0.1) is 0 Å². The zero-order chi connectivity index (χ0) is 39.1. The summed E-state index contributed by atoms with van der Waals surface area (Å²) in [4.78, 5) is 38.3. The van der Waals surface area contributed by atoms with Crippen molar-refractivity contribution in [2.45, 2.75) is 83.1 Å². The number of benzene rings is 2. The van der Waals surface area contributed by atoms with Gasteiger partial charge in [0, 0.05) is 24.4 Å². The second-order valence-electron chi connectivity index (χ2n) is 8.69. The van der Waals surface area contributed by atoms with Crippen molar-refractivity contribution >= 4 is 34.6 Å². The van der Waals surface area contributed by atoms with Crippen molar-refractivity contribution in [3.05, 3.63) is 128 Å². The highest BCUT2D eigenvalue weighted by molar-refractivity contribution is 5.99. The van der Waals surface area contributed by atoms with Crippen LogP contribution in [0.2, 0.25) is 0 Å². The summed E-state index contributed by atoms with van der Waals surface area (Å²) in [6.45, 7) is 36.2. The molecule has 0 saturated carbocycles. The van der Waals surface area contributed by atoms with Gasteiger partial charge in [-0.2, -0.15) is 0 Å². The second-order valence-corrected chi connectivity index (χ2v) is 8.69. The van der Waals surface area contributed by atoms with Gasteiger partial charge in [0.05, 0.1) is 36.0 Å². The van der Waals surface area contributed by atoms with Crippen molar-refractivity contribution in [2.75, 3.05) is 12.4 Å². The van der Waals surface area contributed by atoms with Crippen LogP contribution in [-0.2, 0) is 14.1 Å². The van der Waals surface area contributed by atoms with Gasteiger partial charge in [-0.3, -0.25) is 19.7 Å². The number of aromatic nitrogens is 2. The van der Waals surface area contributed by atoms with Crippen LogP contribution in [0.3, 0.4) is 0 Å². The predicted molar refractivity (Wildman–Crippen MR) is 207 cm³/mol. The van der Waals surface area contributed by atoms with E-state index in [2.05, 4.69) is 15.0 Å². The van der Waals surface area contributed by atoms with Gasteiger partial charge >= 0.3 is 0 Å². The first kappa shape index (κ1) is 50.4. The first-order valence-corrected chi connectivity index (χ1v) is 16.4. The molecule has 0 aliphatic heterocycles. The van der Waals surface area contributed by atoms with Crippen molar-refractivity contribution in [2.24, 2.45) is 14.1 Å². The van der Waals surface area contributed by atoms with Crippen molar-refractivity contribution in [3.8, 4) is 0 Å². The average Bonchev–Trinajstić information content (AvgIpc) is 3.66. The molecular formula is C39H58N6O4. The van der Waals surface area contributed by atoms with Crippen LogP contribution in [0.25, 0.3) is 9.69 Å². The minimum atomic E-state index is -0.559. The monoisotopic (exact) mass is 674 g/mol. The number of nitrogens with zero attached hydrogens (tertiary/aromatic N) is 5. The topological polar surface area (TPSA) is 108 Å².